The summed E-state index contributed by atoms with van der Waals surface area (Å²) in [5.74, 6) is 0.392. The van der Waals surface area contributed by atoms with Crippen molar-refractivity contribution in [3.05, 3.63) is 22.7 Å². The standard InChI is InChI=1S/C9H10N2S/c1-7(2)5-8(6-10)9-11-3-4-12-9/h3-5,7H,1-2H3/b8-5+. The SMILES string of the molecule is CC(C)/C=C(\C#N)c1nccs1. The van der Waals surface area contributed by atoms with Gasteiger partial charge in [-0.3, -0.25) is 0 Å². The second-order valence-electron chi connectivity index (χ2n) is 2.77. The number of hydrogen-bond donors (Lipinski definition) is 0. The first-order chi connectivity index (χ1) is 5.74. The topological polar surface area (TPSA) is 36.7 Å². The quantitative estimate of drug-likeness (QED) is 0.653. The number of nitriles is 1. The molecule has 0 unspecified atom stereocenters. The Morgan fingerprint density at radius 3 is 2.92 bits per heavy atom. The molecule has 1 aromatic heterocycles. The molecule has 0 aliphatic rings. The summed E-state index contributed by atoms with van der Waals surface area (Å²) in [6, 6.07) is 2.14. The second kappa shape index (κ2) is 4.03. The molecule has 0 amide bonds. The molecule has 0 spiro atoms. The molecule has 1 aromatic rings. The van der Waals surface area contributed by atoms with Crippen LogP contribution in [-0.2, 0) is 0 Å². The first-order valence-electron chi connectivity index (χ1n) is 3.76. The fourth-order valence-electron chi connectivity index (χ4n) is 0.846. The lowest BCUT2D eigenvalue weighted by molar-refractivity contribution is 0.834. The molecule has 0 aliphatic carbocycles. The van der Waals surface area contributed by atoms with E-state index in [9.17, 15) is 0 Å². The van der Waals surface area contributed by atoms with Crippen LogP contribution in [0.4, 0.5) is 0 Å². The van der Waals surface area contributed by atoms with Crippen molar-refractivity contribution in [2.75, 3.05) is 0 Å². The molecule has 2 nitrogen and oxygen atoms in total. The van der Waals surface area contributed by atoms with Crippen LogP contribution in [0, 0.1) is 17.2 Å². The molecule has 0 N–H and O–H groups in total. The number of thiazole rings is 1. The minimum absolute atomic E-state index is 0.392. The molecule has 0 saturated heterocycles. The first-order valence-corrected chi connectivity index (χ1v) is 4.63. The number of rotatable bonds is 2. The molecule has 62 valence electrons. The minimum Gasteiger partial charge on any atom is -0.244 e. The third kappa shape index (κ3) is 2.18. The van der Waals surface area contributed by atoms with Crippen LogP contribution in [0.3, 0.4) is 0 Å². The Bertz CT molecular complexity index is 304. The van der Waals surface area contributed by atoms with Gasteiger partial charge in [0.25, 0.3) is 0 Å². The molecule has 0 aliphatic heterocycles. The summed E-state index contributed by atoms with van der Waals surface area (Å²) in [5.41, 5.74) is 0.681. The highest BCUT2D eigenvalue weighted by Gasteiger charge is 2.02. The van der Waals surface area contributed by atoms with Gasteiger partial charge in [0.15, 0.2) is 0 Å². The summed E-state index contributed by atoms with van der Waals surface area (Å²) in [6.07, 6.45) is 3.64. The van der Waals surface area contributed by atoms with Crippen LogP contribution in [-0.4, -0.2) is 4.98 Å². The largest absolute Gasteiger partial charge is 0.244 e. The molecule has 3 heteroatoms. The van der Waals surface area contributed by atoms with Crippen molar-refractivity contribution in [2.24, 2.45) is 5.92 Å². The van der Waals surface area contributed by atoms with Gasteiger partial charge in [0, 0.05) is 11.6 Å². The van der Waals surface area contributed by atoms with Crippen molar-refractivity contribution in [2.45, 2.75) is 13.8 Å². The molecule has 1 rings (SSSR count). The highest BCUT2D eigenvalue weighted by molar-refractivity contribution is 7.10. The predicted molar refractivity (Wildman–Crippen MR) is 50.5 cm³/mol. The van der Waals surface area contributed by atoms with E-state index < -0.39 is 0 Å². The highest BCUT2D eigenvalue weighted by Crippen LogP contribution is 2.17. The molecule has 12 heavy (non-hydrogen) atoms. The Hall–Kier alpha value is -1.14. The number of aromatic nitrogens is 1. The molecule has 0 aromatic carbocycles. The van der Waals surface area contributed by atoms with E-state index in [1.54, 1.807) is 6.20 Å². The van der Waals surface area contributed by atoms with Crippen molar-refractivity contribution in [1.29, 1.82) is 5.26 Å². The third-order valence-electron chi connectivity index (χ3n) is 1.28. The zero-order valence-corrected chi connectivity index (χ0v) is 7.93. The van der Waals surface area contributed by atoms with Crippen LogP contribution < -0.4 is 0 Å². The van der Waals surface area contributed by atoms with E-state index in [2.05, 4.69) is 11.1 Å². The summed E-state index contributed by atoms with van der Waals surface area (Å²) in [4.78, 5) is 4.07. The predicted octanol–water partition coefficient (Wildman–Crippen LogP) is 2.71. The first kappa shape index (κ1) is 8.95. The zero-order chi connectivity index (χ0) is 8.97. The monoisotopic (exact) mass is 178 g/mol. The van der Waals surface area contributed by atoms with Crippen LogP contribution in [0.15, 0.2) is 17.7 Å². The Morgan fingerprint density at radius 2 is 2.50 bits per heavy atom. The van der Waals surface area contributed by atoms with E-state index >= 15 is 0 Å². The molecule has 0 radical (unpaired) electrons. The normalized spacial score (nSPS) is 11.7. The number of allylic oxidation sites excluding steroid dienone is 2. The average Bonchev–Trinajstić information content (AvgIpc) is 2.51. The second-order valence-corrected chi connectivity index (χ2v) is 3.67. The van der Waals surface area contributed by atoms with Gasteiger partial charge >= 0.3 is 0 Å². The number of nitrogens with zero attached hydrogens (tertiary/aromatic N) is 2. The lowest BCUT2D eigenvalue weighted by atomic mass is 10.1. The van der Waals surface area contributed by atoms with Crippen molar-refractivity contribution >= 4 is 16.9 Å². The molecular weight excluding hydrogens is 168 g/mol. The summed E-state index contributed by atoms with van der Waals surface area (Å²) in [5, 5.41) is 11.5. The Labute approximate surface area is 76.2 Å². The van der Waals surface area contributed by atoms with Crippen molar-refractivity contribution < 1.29 is 0 Å². The summed E-state index contributed by atoms with van der Waals surface area (Å²) in [6.45, 7) is 4.09. The molecule has 0 fully saturated rings. The fourth-order valence-corrected chi connectivity index (χ4v) is 1.46. The van der Waals surface area contributed by atoms with Crippen LogP contribution >= 0.6 is 11.3 Å². The van der Waals surface area contributed by atoms with Crippen LogP contribution in [0.2, 0.25) is 0 Å². The Morgan fingerprint density at radius 1 is 1.75 bits per heavy atom. The molecule has 0 saturated carbocycles. The van der Waals surface area contributed by atoms with Crippen molar-refractivity contribution in [1.82, 2.24) is 4.98 Å². The maximum absolute atomic E-state index is 8.80. The third-order valence-corrected chi connectivity index (χ3v) is 2.09. The van der Waals surface area contributed by atoms with Gasteiger partial charge in [-0.1, -0.05) is 19.9 Å². The van der Waals surface area contributed by atoms with E-state index in [0.29, 0.717) is 11.5 Å². The average molecular weight is 178 g/mol. The van der Waals surface area contributed by atoms with Crippen LogP contribution in [0.25, 0.3) is 5.57 Å². The van der Waals surface area contributed by atoms with Gasteiger partial charge in [0.2, 0.25) is 0 Å². The molecule has 0 bridgehead atoms. The zero-order valence-electron chi connectivity index (χ0n) is 7.11. The van der Waals surface area contributed by atoms with E-state index in [4.69, 9.17) is 5.26 Å². The van der Waals surface area contributed by atoms with Crippen molar-refractivity contribution in [3.63, 3.8) is 0 Å². The smallest absolute Gasteiger partial charge is 0.133 e. The van der Waals surface area contributed by atoms with E-state index in [0.717, 1.165) is 5.01 Å². The minimum atomic E-state index is 0.392. The summed E-state index contributed by atoms with van der Waals surface area (Å²) in [7, 11) is 0. The van der Waals surface area contributed by atoms with Crippen LogP contribution in [0.5, 0.6) is 0 Å². The van der Waals surface area contributed by atoms with E-state index in [-0.39, 0.29) is 0 Å². The summed E-state index contributed by atoms with van der Waals surface area (Å²) < 4.78 is 0. The lowest BCUT2D eigenvalue weighted by Gasteiger charge is -1.95. The van der Waals surface area contributed by atoms with Gasteiger partial charge in [-0.15, -0.1) is 11.3 Å². The van der Waals surface area contributed by atoms with Gasteiger partial charge < -0.3 is 0 Å². The molecule has 1 heterocycles. The maximum Gasteiger partial charge on any atom is 0.133 e. The fraction of sp³-hybridized carbons (Fsp3) is 0.333. The van der Waals surface area contributed by atoms with E-state index in [1.165, 1.54) is 11.3 Å². The van der Waals surface area contributed by atoms with Crippen molar-refractivity contribution in [3.8, 4) is 6.07 Å². The van der Waals surface area contributed by atoms with Gasteiger partial charge in [-0.05, 0) is 5.92 Å². The van der Waals surface area contributed by atoms with Gasteiger partial charge in [0.1, 0.15) is 11.1 Å². The van der Waals surface area contributed by atoms with Gasteiger partial charge in [-0.25, -0.2) is 4.98 Å². The number of hydrogen-bond acceptors (Lipinski definition) is 3. The lowest BCUT2D eigenvalue weighted by Crippen LogP contribution is -1.84. The Kier molecular flexibility index (Phi) is 3.01. The summed E-state index contributed by atoms with van der Waals surface area (Å²) >= 11 is 1.50. The van der Waals surface area contributed by atoms with Gasteiger partial charge in [-0.2, -0.15) is 5.26 Å². The maximum atomic E-state index is 8.80. The highest BCUT2D eigenvalue weighted by atomic mass is 32.1. The molecular formula is C9H10N2S. The molecule has 0 atom stereocenters. The van der Waals surface area contributed by atoms with Crippen LogP contribution in [0.1, 0.15) is 18.9 Å². The Balaban J connectivity index is 2.93. The van der Waals surface area contributed by atoms with Gasteiger partial charge in [0.05, 0.1) is 5.57 Å². The van der Waals surface area contributed by atoms with E-state index in [1.807, 2.05) is 25.3 Å².